The Morgan fingerprint density at radius 1 is 1.15 bits per heavy atom. The van der Waals surface area contributed by atoms with Crippen LogP contribution in [0.15, 0.2) is 54.2 Å². The van der Waals surface area contributed by atoms with Crippen molar-refractivity contribution in [3.8, 4) is 0 Å². The molecule has 0 unspecified atom stereocenters. The van der Waals surface area contributed by atoms with Gasteiger partial charge >= 0.3 is 0 Å². The summed E-state index contributed by atoms with van der Waals surface area (Å²) in [5.74, 6) is 0.850. The van der Waals surface area contributed by atoms with E-state index in [9.17, 15) is 0 Å². The molecule has 0 fully saturated rings. The van der Waals surface area contributed by atoms with Crippen LogP contribution in [0.25, 0.3) is 0 Å². The maximum absolute atomic E-state index is 4.38. The lowest BCUT2D eigenvalue weighted by atomic mass is 9.97. The van der Waals surface area contributed by atoms with E-state index < -0.39 is 0 Å². The number of fused-ring (bicyclic) bond motifs is 1. The van der Waals surface area contributed by atoms with Crippen molar-refractivity contribution in [1.29, 1.82) is 0 Å². The first kappa shape index (κ1) is 11.7. The third-order valence-corrected chi connectivity index (χ3v) is 4.69. The molecule has 5 heteroatoms. The fourth-order valence-electron chi connectivity index (χ4n) is 2.75. The van der Waals surface area contributed by atoms with Crippen LogP contribution in [0.4, 0.5) is 5.95 Å². The number of hydrogen-bond donors (Lipinski definition) is 1. The molecule has 4 nitrogen and oxygen atoms in total. The lowest BCUT2D eigenvalue weighted by Crippen LogP contribution is -2.27. The number of aromatic nitrogens is 3. The third-order valence-electron chi connectivity index (χ3n) is 3.70. The highest BCUT2D eigenvalue weighted by atomic mass is 32.1. The zero-order valence-corrected chi connectivity index (χ0v) is 11.6. The molecule has 0 spiro atoms. The second kappa shape index (κ2) is 4.76. The van der Waals surface area contributed by atoms with Gasteiger partial charge < -0.3 is 5.32 Å². The van der Waals surface area contributed by atoms with E-state index in [4.69, 9.17) is 0 Å². The summed E-state index contributed by atoms with van der Waals surface area (Å²) < 4.78 is 1.99. The van der Waals surface area contributed by atoms with Crippen LogP contribution in [-0.2, 0) is 0 Å². The minimum atomic E-state index is 0.238. The van der Waals surface area contributed by atoms with Crippen LogP contribution >= 0.6 is 11.3 Å². The van der Waals surface area contributed by atoms with Gasteiger partial charge in [-0.1, -0.05) is 36.4 Å². The second-order valence-corrected chi connectivity index (χ2v) is 5.88. The Morgan fingerprint density at radius 2 is 2.05 bits per heavy atom. The normalized spacial score (nSPS) is 21.2. The maximum atomic E-state index is 4.38. The average Bonchev–Trinajstić information content (AvgIpc) is 3.18. The molecule has 20 heavy (non-hydrogen) atoms. The first-order chi connectivity index (χ1) is 9.92. The Hall–Kier alpha value is -2.14. The smallest absolute Gasteiger partial charge is 0.222 e. The van der Waals surface area contributed by atoms with Gasteiger partial charge in [0.25, 0.3) is 0 Å². The van der Waals surface area contributed by atoms with Crippen LogP contribution in [0.1, 0.15) is 28.9 Å². The molecule has 3 heterocycles. The summed E-state index contributed by atoms with van der Waals surface area (Å²) in [6, 6.07) is 15.3. The van der Waals surface area contributed by atoms with Gasteiger partial charge in [-0.3, -0.25) is 0 Å². The molecule has 1 N–H and O–H groups in total. The number of thiophene rings is 1. The molecule has 1 aliphatic heterocycles. The summed E-state index contributed by atoms with van der Waals surface area (Å²) in [4.78, 5) is 5.69. The Bertz CT molecular complexity index is 690. The van der Waals surface area contributed by atoms with E-state index in [0.29, 0.717) is 6.04 Å². The zero-order chi connectivity index (χ0) is 13.4. The summed E-state index contributed by atoms with van der Waals surface area (Å²) in [5.41, 5.74) is 1.28. The van der Waals surface area contributed by atoms with Crippen LogP contribution in [0, 0.1) is 0 Å². The average molecular weight is 282 g/mol. The van der Waals surface area contributed by atoms with Crippen LogP contribution in [0.2, 0.25) is 0 Å². The van der Waals surface area contributed by atoms with Crippen molar-refractivity contribution in [3.63, 3.8) is 0 Å². The molecule has 4 rings (SSSR count). The van der Waals surface area contributed by atoms with E-state index in [1.54, 1.807) is 17.7 Å². The first-order valence-electron chi connectivity index (χ1n) is 6.66. The van der Waals surface area contributed by atoms with Gasteiger partial charge in [-0.05, 0) is 23.4 Å². The standard InChI is InChI=1S/C15H14N4S/c1-2-5-11(6-3-1)13-9-12(14-7-4-8-20-14)18-15-16-10-17-19(13)15/h1-8,10,12-13H,9H2,(H,16,17,18)/t12-,13-/m1/s1. The number of hydrogen-bond acceptors (Lipinski definition) is 4. The highest BCUT2D eigenvalue weighted by Gasteiger charge is 2.30. The van der Waals surface area contributed by atoms with Gasteiger partial charge in [0, 0.05) is 4.88 Å². The Kier molecular flexibility index (Phi) is 2.77. The number of benzene rings is 1. The van der Waals surface area contributed by atoms with E-state index in [2.05, 4.69) is 57.2 Å². The van der Waals surface area contributed by atoms with Gasteiger partial charge in [-0.25, -0.2) is 4.68 Å². The van der Waals surface area contributed by atoms with E-state index in [1.165, 1.54) is 10.4 Å². The van der Waals surface area contributed by atoms with Gasteiger partial charge in [0.05, 0.1) is 12.1 Å². The van der Waals surface area contributed by atoms with Crippen molar-refractivity contribution in [2.24, 2.45) is 0 Å². The quantitative estimate of drug-likeness (QED) is 0.782. The molecule has 0 bridgehead atoms. The summed E-state index contributed by atoms with van der Waals surface area (Å²) in [6.07, 6.45) is 2.61. The Labute approximate surface area is 121 Å². The van der Waals surface area contributed by atoms with Crippen LogP contribution in [-0.4, -0.2) is 14.8 Å². The van der Waals surface area contributed by atoms with Gasteiger partial charge in [-0.2, -0.15) is 10.1 Å². The number of anilines is 1. The molecule has 100 valence electrons. The van der Waals surface area contributed by atoms with Gasteiger partial charge in [-0.15, -0.1) is 11.3 Å². The number of nitrogens with zero attached hydrogens (tertiary/aromatic N) is 3. The predicted molar refractivity (Wildman–Crippen MR) is 79.9 cm³/mol. The molecule has 2 aromatic heterocycles. The van der Waals surface area contributed by atoms with Crippen molar-refractivity contribution >= 4 is 17.3 Å². The zero-order valence-electron chi connectivity index (χ0n) is 10.8. The molecule has 1 aromatic carbocycles. The number of rotatable bonds is 2. The molecular weight excluding hydrogens is 268 g/mol. The maximum Gasteiger partial charge on any atom is 0.222 e. The third kappa shape index (κ3) is 1.91. The monoisotopic (exact) mass is 282 g/mol. The van der Waals surface area contributed by atoms with Gasteiger partial charge in [0.2, 0.25) is 5.95 Å². The van der Waals surface area contributed by atoms with E-state index in [0.717, 1.165) is 12.4 Å². The van der Waals surface area contributed by atoms with Crippen molar-refractivity contribution in [3.05, 3.63) is 64.6 Å². The molecule has 0 saturated carbocycles. The van der Waals surface area contributed by atoms with Crippen molar-refractivity contribution in [1.82, 2.24) is 14.8 Å². The minimum absolute atomic E-state index is 0.238. The van der Waals surface area contributed by atoms with E-state index >= 15 is 0 Å². The molecule has 0 amide bonds. The lowest BCUT2D eigenvalue weighted by Gasteiger charge is -2.31. The summed E-state index contributed by atoms with van der Waals surface area (Å²) >= 11 is 1.78. The lowest BCUT2D eigenvalue weighted by molar-refractivity contribution is 0.433. The summed E-state index contributed by atoms with van der Waals surface area (Å²) in [5, 5.41) is 9.97. The Morgan fingerprint density at radius 3 is 2.85 bits per heavy atom. The highest BCUT2D eigenvalue weighted by Crippen LogP contribution is 2.38. The molecule has 3 aromatic rings. The molecule has 0 saturated heterocycles. The Balaban J connectivity index is 1.75. The fraction of sp³-hybridized carbons (Fsp3) is 0.200. The molecule has 2 atom stereocenters. The van der Waals surface area contributed by atoms with Crippen molar-refractivity contribution < 1.29 is 0 Å². The minimum Gasteiger partial charge on any atom is -0.347 e. The van der Waals surface area contributed by atoms with Gasteiger partial charge in [0.1, 0.15) is 6.33 Å². The largest absolute Gasteiger partial charge is 0.347 e. The van der Waals surface area contributed by atoms with Crippen LogP contribution in [0.3, 0.4) is 0 Å². The number of nitrogens with one attached hydrogen (secondary N) is 1. The molecular formula is C15H14N4S. The van der Waals surface area contributed by atoms with Crippen molar-refractivity contribution in [2.45, 2.75) is 18.5 Å². The van der Waals surface area contributed by atoms with Crippen LogP contribution in [0.5, 0.6) is 0 Å². The molecule has 0 aliphatic carbocycles. The van der Waals surface area contributed by atoms with Gasteiger partial charge in [0.15, 0.2) is 0 Å². The highest BCUT2D eigenvalue weighted by molar-refractivity contribution is 7.10. The van der Waals surface area contributed by atoms with Crippen LogP contribution < -0.4 is 5.32 Å². The fourth-order valence-corrected chi connectivity index (χ4v) is 3.54. The second-order valence-electron chi connectivity index (χ2n) is 4.90. The van der Waals surface area contributed by atoms with E-state index in [-0.39, 0.29) is 6.04 Å². The molecule has 0 radical (unpaired) electrons. The molecule has 1 aliphatic rings. The summed E-state index contributed by atoms with van der Waals surface area (Å²) in [6.45, 7) is 0. The SMILES string of the molecule is c1ccc([C@H]2C[C@H](c3cccs3)Nc3ncnn32)cc1. The van der Waals surface area contributed by atoms with E-state index in [1.807, 2.05) is 10.7 Å². The summed E-state index contributed by atoms with van der Waals surface area (Å²) in [7, 11) is 0. The topological polar surface area (TPSA) is 42.7 Å². The first-order valence-corrected chi connectivity index (χ1v) is 7.54. The van der Waals surface area contributed by atoms with Crippen molar-refractivity contribution in [2.75, 3.05) is 5.32 Å². The predicted octanol–water partition coefficient (Wildman–Crippen LogP) is 3.49.